The van der Waals surface area contributed by atoms with Crippen molar-refractivity contribution in [3.63, 3.8) is 0 Å². The molecule has 0 spiro atoms. The van der Waals surface area contributed by atoms with Gasteiger partial charge >= 0.3 is 0 Å². The Kier molecular flexibility index (Phi) is 4.38. The molecule has 1 heterocycles. The third kappa shape index (κ3) is 3.43. The fourth-order valence-corrected chi connectivity index (χ4v) is 3.46. The molecular formula is C12H19N3O3S. The number of aromatic nitrogens is 1. The first-order valence-corrected chi connectivity index (χ1v) is 7.72. The molecule has 19 heavy (non-hydrogen) atoms. The number of nitrogens with one attached hydrogen (secondary N) is 2. The summed E-state index contributed by atoms with van der Waals surface area (Å²) in [5, 5.41) is 2.85. The predicted molar refractivity (Wildman–Crippen MR) is 72.5 cm³/mol. The lowest BCUT2D eigenvalue weighted by Crippen LogP contribution is -2.33. The molecule has 6 nitrogen and oxygen atoms in total. The molecule has 1 saturated carbocycles. The predicted octanol–water partition coefficient (Wildman–Crippen LogP) is 0.969. The van der Waals surface area contributed by atoms with E-state index in [1.165, 1.54) is 6.20 Å². The Balaban J connectivity index is 2.05. The number of pyridine rings is 1. The molecule has 0 aromatic carbocycles. The van der Waals surface area contributed by atoms with E-state index in [1.54, 1.807) is 26.3 Å². The summed E-state index contributed by atoms with van der Waals surface area (Å²) in [6, 6.07) is 3.13. The monoisotopic (exact) mass is 285 g/mol. The number of anilines is 1. The standard InChI is InChI=1S/C12H19N3O3S/c1-13-12-6-5-11(8-14-12)19(16,17)15-9-3-4-10(7-9)18-2/h5-6,8-10,15H,3-4,7H2,1-2H3,(H,13,14). The van der Waals surface area contributed by atoms with E-state index in [0.717, 1.165) is 19.3 Å². The van der Waals surface area contributed by atoms with Gasteiger partial charge in [0.15, 0.2) is 0 Å². The van der Waals surface area contributed by atoms with Crippen LogP contribution in [0.3, 0.4) is 0 Å². The number of sulfonamides is 1. The van der Waals surface area contributed by atoms with E-state index in [-0.39, 0.29) is 17.0 Å². The third-order valence-corrected chi connectivity index (χ3v) is 4.85. The SMILES string of the molecule is CNc1ccc(S(=O)(=O)NC2CCC(OC)C2)cn1. The van der Waals surface area contributed by atoms with Crippen molar-refractivity contribution in [2.24, 2.45) is 0 Å². The summed E-state index contributed by atoms with van der Waals surface area (Å²) < 4.78 is 32.3. The van der Waals surface area contributed by atoms with Gasteiger partial charge < -0.3 is 10.1 Å². The van der Waals surface area contributed by atoms with Crippen molar-refractivity contribution >= 4 is 15.8 Å². The van der Waals surface area contributed by atoms with Gasteiger partial charge in [-0.1, -0.05) is 0 Å². The molecule has 0 radical (unpaired) electrons. The molecule has 1 aliphatic rings. The summed E-state index contributed by atoms with van der Waals surface area (Å²) in [4.78, 5) is 4.20. The van der Waals surface area contributed by atoms with E-state index in [4.69, 9.17) is 4.74 Å². The van der Waals surface area contributed by atoms with Crippen molar-refractivity contribution in [1.29, 1.82) is 0 Å². The quantitative estimate of drug-likeness (QED) is 0.842. The maximum atomic E-state index is 12.2. The first kappa shape index (κ1) is 14.2. The van der Waals surface area contributed by atoms with E-state index < -0.39 is 10.0 Å². The van der Waals surface area contributed by atoms with Crippen molar-refractivity contribution in [1.82, 2.24) is 9.71 Å². The Morgan fingerprint density at radius 2 is 2.16 bits per heavy atom. The Hall–Kier alpha value is -1.18. The molecule has 2 unspecified atom stereocenters. The molecule has 0 saturated heterocycles. The van der Waals surface area contributed by atoms with E-state index in [0.29, 0.717) is 5.82 Å². The number of rotatable bonds is 5. The van der Waals surface area contributed by atoms with Crippen LogP contribution >= 0.6 is 0 Å². The minimum absolute atomic E-state index is 0.0565. The lowest BCUT2D eigenvalue weighted by Gasteiger charge is -2.13. The fourth-order valence-electron chi connectivity index (χ4n) is 2.24. The van der Waals surface area contributed by atoms with Gasteiger partial charge in [0.25, 0.3) is 0 Å². The topological polar surface area (TPSA) is 80.3 Å². The van der Waals surface area contributed by atoms with Crippen LogP contribution in [0, 0.1) is 0 Å². The third-order valence-electron chi connectivity index (χ3n) is 3.34. The average molecular weight is 285 g/mol. The second kappa shape index (κ2) is 5.85. The average Bonchev–Trinajstić information content (AvgIpc) is 2.85. The summed E-state index contributed by atoms with van der Waals surface area (Å²) in [6.45, 7) is 0. The van der Waals surface area contributed by atoms with Crippen molar-refractivity contribution in [3.05, 3.63) is 18.3 Å². The maximum absolute atomic E-state index is 12.2. The van der Waals surface area contributed by atoms with Gasteiger partial charge in [-0.3, -0.25) is 0 Å². The zero-order valence-electron chi connectivity index (χ0n) is 11.1. The molecule has 0 bridgehead atoms. The minimum Gasteiger partial charge on any atom is -0.381 e. The van der Waals surface area contributed by atoms with Gasteiger partial charge in [-0.2, -0.15) is 0 Å². The van der Waals surface area contributed by atoms with Crippen LogP contribution in [0.2, 0.25) is 0 Å². The minimum atomic E-state index is -3.50. The summed E-state index contributed by atoms with van der Waals surface area (Å²) in [6.07, 6.45) is 3.92. The van der Waals surface area contributed by atoms with Gasteiger partial charge in [0.2, 0.25) is 10.0 Å². The number of methoxy groups -OCH3 is 1. The van der Waals surface area contributed by atoms with E-state index in [2.05, 4.69) is 15.0 Å². The van der Waals surface area contributed by atoms with Crippen molar-refractivity contribution in [2.75, 3.05) is 19.5 Å². The van der Waals surface area contributed by atoms with Crippen molar-refractivity contribution in [3.8, 4) is 0 Å². The summed E-state index contributed by atoms with van der Waals surface area (Å²) in [5.74, 6) is 0.638. The van der Waals surface area contributed by atoms with Gasteiger partial charge in [0.1, 0.15) is 10.7 Å². The first-order chi connectivity index (χ1) is 9.05. The molecule has 1 aromatic rings. The summed E-state index contributed by atoms with van der Waals surface area (Å²) in [5.41, 5.74) is 0. The van der Waals surface area contributed by atoms with Crippen LogP contribution < -0.4 is 10.0 Å². The smallest absolute Gasteiger partial charge is 0.242 e. The molecule has 1 aromatic heterocycles. The molecular weight excluding hydrogens is 266 g/mol. The van der Waals surface area contributed by atoms with E-state index >= 15 is 0 Å². The van der Waals surface area contributed by atoms with Crippen LogP contribution in [-0.4, -0.2) is 39.7 Å². The Morgan fingerprint density at radius 1 is 1.37 bits per heavy atom. The summed E-state index contributed by atoms with van der Waals surface area (Å²) in [7, 11) is -0.107. The van der Waals surface area contributed by atoms with Gasteiger partial charge in [0.05, 0.1) is 6.10 Å². The van der Waals surface area contributed by atoms with Crippen LogP contribution in [-0.2, 0) is 14.8 Å². The Morgan fingerprint density at radius 3 is 2.68 bits per heavy atom. The molecule has 0 aliphatic heterocycles. The summed E-state index contributed by atoms with van der Waals surface area (Å²) >= 11 is 0. The van der Waals surface area contributed by atoms with Crippen LogP contribution in [0.1, 0.15) is 19.3 Å². The van der Waals surface area contributed by atoms with Crippen LogP contribution in [0.15, 0.2) is 23.2 Å². The van der Waals surface area contributed by atoms with E-state index in [1.807, 2.05) is 0 Å². The van der Waals surface area contributed by atoms with Crippen molar-refractivity contribution < 1.29 is 13.2 Å². The second-order valence-electron chi connectivity index (χ2n) is 4.62. The van der Waals surface area contributed by atoms with Gasteiger partial charge in [-0.15, -0.1) is 0 Å². The lowest BCUT2D eigenvalue weighted by molar-refractivity contribution is 0.107. The Labute approximate surface area is 113 Å². The molecule has 2 rings (SSSR count). The number of hydrogen-bond acceptors (Lipinski definition) is 5. The number of nitrogens with zero attached hydrogens (tertiary/aromatic N) is 1. The highest BCUT2D eigenvalue weighted by Gasteiger charge is 2.28. The van der Waals surface area contributed by atoms with Crippen LogP contribution in [0.5, 0.6) is 0 Å². The molecule has 7 heteroatoms. The lowest BCUT2D eigenvalue weighted by atomic mass is 10.3. The fraction of sp³-hybridized carbons (Fsp3) is 0.583. The molecule has 2 N–H and O–H groups in total. The zero-order valence-corrected chi connectivity index (χ0v) is 11.9. The van der Waals surface area contributed by atoms with Crippen LogP contribution in [0.4, 0.5) is 5.82 Å². The number of hydrogen-bond donors (Lipinski definition) is 2. The largest absolute Gasteiger partial charge is 0.381 e. The van der Waals surface area contributed by atoms with Gasteiger partial charge in [0, 0.05) is 26.4 Å². The second-order valence-corrected chi connectivity index (χ2v) is 6.33. The van der Waals surface area contributed by atoms with Gasteiger partial charge in [-0.05, 0) is 31.4 Å². The highest BCUT2D eigenvalue weighted by molar-refractivity contribution is 7.89. The van der Waals surface area contributed by atoms with Crippen LogP contribution in [0.25, 0.3) is 0 Å². The molecule has 0 amide bonds. The molecule has 2 atom stereocenters. The maximum Gasteiger partial charge on any atom is 0.242 e. The Bertz CT molecular complexity index is 516. The normalized spacial score (nSPS) is 23.5. The molecule has 106 valence electrons. The van der Waals surface area contributed by atoms with Crippen molar-refractivity contribution in [2.45, 2.75) is 36.3 Å². The molecule has 1 aliphatic carbocycles. The zero-order chi connectivity index (χ0) is 13.9. The highest BCUT2D eigenvalue weighted by Crippen LogP contribution is 2.23. The van der Waals surface area contributed by atoms with E-state index in [9.17, 15) is 8.42 Å². The number of ether oxygens (including phenoxy) is 1. The highest BCUT2D eigenvalue weighted by atomic mass is 32.2. The van der Waals surface area contributed by atoms with Gasteiger partial charge in [-0.25, -0.2) is 18.1 Å². The molecule has 1 fully saturated rings. The first-order valence-electron chi connectivity index (χ1n) is 6.24.